The molecule has 14 heavy (non-hydrogen) atoms. The van der Waals surface area contributed by atoms with Crippen molar-refractivity contribution in [1.82, 2.24) is 0 Å². The van der Waals surface area contributed by atoms with E-state index in [0.29, 0.717) is 0 Å². The molecule has 1 aromatic carbocycles. The zero-order chi connectivity index (χ0) is 10.1. The van der Waals surface area contributed by atoms with Gasteiger partial charge in [-0.1, -0.05) is 6.07 Å². The molecule has 0 unspecified atom stereocenters. The molecule has 1 aliphatic heterocycles. The second-order valence-electron chi connectivity index (χ2n) is 3.58. The molecule has 0 saturated heterocycles. The quantitative estimate of drug-likeness (QED) is 0.745. The van der Waals surface area contributed by atoms with E-state index >= 15 is 0 Å². The SMILES string of the molecule is CO[C@H]1C[C@H](C)Oc2cccc(O)c21. The lowest BCUT2D eigenvalue weighted by Crippen LogP contribution is -2.23. The van der Waals surface area contributed by atoms with Gasteiger partial charge in [-0.25, -0.2) is 0 Å². The molecular formula is C11H14O3. The number of benzene rings is 1. The van der Waals surface area contributed by atoms with Crippen molar-refractivity contribution in [3.8, 4) is 11.5 Å². The molecule has 0 radical (unpaired) electrons. The lowest BCUT2D eigenvalue weighted by atomic mass is 9.99. The zero-order valence-corrected chi connectivity index (χ0v) is 8.36. The van der Waals surface area contributed by atoms with Crippen LogP contribution in [0.1, 0.15) is 25.0 Å². The molecule has 0 fully saturated rings. The smallest absolute Gasteiger partial charge is 0.129 e. The van der Waals surface area contributed by atoms with Gasteiger partial charge >= 0.3 is 0 Å². The van der Waals surface area contributed by atoms with Crippen molar-refractivity contribution in [2.45, 2.75) is 25.6 Å². The summed E-state index contributed by atoms with van der Waals surface area (Å²) in [4.78, 5) is 0. The zero-order valence-electron chi connectivity index (χ0n) is 8.36. The van der Waals surface area contributed by atoms with Gasteiger partial charge in [0.15, 0.2) is 0 Å². The van der Waals surface area contributed by atoms with Crippen LogP contribution in [0.15, 0.2) is 18.2 Å². The predicted molar refractivity (Wildman–Crippen MR) is 52.6 cm³/mol. The first-order chi connectivity index (χ1) is 6.72. The lowest BCUT2D eigenvalue weighted by Gasteiger charge is -2.29. The van der Waals surface area contributed by atoms with E-state index in [-0.39, 0.29) is 18.0 Å². The summed E-state index contributed by atoms with van der Waals surface area (Å²) in [5, 5.41) is 9.68. The van der Waals surface area contributed by atoms with Crippen LogP contribution < -0.4 is 4.74 Å². The van der Waals surface area contributed by atoms with Gasteiger partial charge in [-0.05, 0) is 19.1 Å². The van der Waals surface area contributed by atoms with Gasteiger partial charge in [0.25, 0.3) is 0 Å². The Morgan fingerprint density at radius 3 is 3.00 bits per heavy atom. The third-order valence-electron chi connectivity index (χ3n) is 2.52. The molecule has 1 N–H and O–H groups in total. The minimum Gasteiger partial charge on any atom is -0.507 e. The Kier molecular flexibility index (Phi) is 2.33. The minimum absolute atomic E-state index is 0.0602. The number of rotatable bonds is 1. The standard InChI is InChI=1S/C11H14O3/c1-7-6-10(13-2)11-8(12)4-3-5-9(11)14-7/h3-5,7,10,12H,6H2,1-2H3/t7-,10-/m0/s1. The Balaban J connectivity index is 2.46. The first-order valence-electron chi connectivity index (χ1n) is 4.73. The van der Waals surface area contributed by atoms with Crippen molar-refractivity contribution in [2.75, 3.05) is 7.11 Å². The van der Waals surface area contributed by atoms with Crippen LogP contribution in [0, 0.1) is 0 Å². The fourth-order valence-electron chi connectivity index (χ4n) is 1.86. The summed E-state index contributed by atoms with van der Waals surface area (Å²) in [5.74, 6) is 0.983. The summed E-state index contributed by atoms with van der Waals surface area (Å²) in [6.45, 7) is 2.00. The molecular weight excluding hydrogens is 180 g/mol. The first-order valence-corrected chi connectivity index (χ1v) is 4.73. The maximum atomic E-state index is 9.68. The van der Waals surface area contributed by atoms with Gasteiger partial charge in [0.05, 0.1) is 17.8 Å². The van der Waals surface area contributed by atoms with Gasteiger partial charge in [0.2, 0.25) is 0 Å². The molecule has 76 valence electrons. The molecule has 2 atom stereocenters. The highest BCUT2D eigenvalue weighted by molar-refractivity contribution is 5.46. The van der Waals surface area contributed by atoms with Gasteiger partial charge < -0.3 is 14.6 Å². The van der Waals surface area contributed by atoms with Crippen molar-refractivity contribution in [2.24, 2.45) is 0 Å². The number of methoxy groups -OCH3 is 1. The number of ether oxygens (including phenoxy) is 2. The van der Waals surface area contributed by atoms with Crippen LogP contribution in [0.3, 0.4) is 0 Å². The monoisotopic (exact) mass is 194 g/mol. The van der Waals surface area contributed by atoms with Crippen LogP contribution in [0.2, 0.25) is 0 Å². The second kappa shape index (κ2) is 3.50. The molecule has 0 saturated carbocycles. The van der Waals surface area contributed by atoms with Gasteiger partial charge in [-0.2, -0.15) is 0 Å². The minimum atomic E-state index is -0.0602. The van der Waals surface area contributed by atoms with Gasteiger partial charge in [-0.15, -0.1) is 0 Å². The van der Waals surface area contributed by atoms with E-state index in [1.807, 2.05) is 13.0 Å². The van der Waals surface area contributed by atoms with Crippen LogP contribution in [-0.4, -0.2) is 18.3 Å². The summed E-state index contributed by atoms with van der Waals surface area (Å²) in [7, 11) is 1.65. The maximum absolute atomic E-state index is 9.68. The molecule has 3 nitrogen and oxygen atoms in total. The largest absolute Gasteiger partial charge is 0.507 e. The Morgan fingerprint density at radius 1 is 1.50 bits per heavy atom. The van der Waals surface area contributed by atoms with Crippen molar-refractivity contribution in [3.05, 3.63) is 23.8 Å². The molecule has 3 heteroatoms. The van der Waals surface area contributed by atoms with E-state index in [2.05, 4.69) is 0 Å². The highest BCUT2D eigenvalue weighted by atomic mass is 16.5. The molecule has 1 aliphatic rings. The molecule has 0 spiro atoms. The fourth-order valence-corrected chi connectivity index (χ4v) is 1.86. The third-order valence-corrected chi connectivity index (χ3v) is 2.52. The Bertz CT molecular complexity index is 335. The van der Waals surface area contributed by atoms with E-state index in [1.54, 1.807) is 19.2 Å². The van der Waals surface area contributed by atoms with E-state index in [1.165, 1.54) is 0 Å². The van der Waals surface area contributed by atoms with Crippen molar-refractivity contribution in [1.29, 1.82) is 0 Å². The average molecular weight is 194 g/mol. The van der Waals surface area contributed by atoms with Crippen LogP contribution in [0.4, 0.5) is 0 Å². The Hall–Kier alpha value is -1.22. The van der Waals surface area contributed by atoms with Crippen LogP contribution in [0.25, 0.3) is 0 Å². The number of fused-ring (bicyclic) bond motifs is 1. The normalized spacial score (nSPS) is 25.3. The van der Waals surface area contributed by atoms with Crippen molar-refractivity contribution in [3.63, 3.8) is 0 Å². The van der Waals surface area contributed by atoms with Crippen molar-refractivity contribution >= 4 is 0 Å². The molecule has 0 bridgehead atoms. The van der Waals surface area contributed by atoms with Crippen LogP contribution in [-0.2, 0) is 4.74 Å². The third kappa shape index (κ3) is 1.44. The number of aromatic hydroxyl groups is 1. The van der Waals surface area contributed by atoms with Crippen LogP contribution >= 0.6 is 0 Å². The number of phenolic OH excluding ortho intramolecular Hbond substituents is 1. The topological polar surface area (TPSA) is 38.7 Å². The Morgan fingerprint density at radius 2 is 2.29 bits per heavy atom. The average Bonchev–Trinajstić information content (AvgIpc) is 2.16. The fraction of sp³-hybridized carbons (Fsp3) is 0.455. The summed E-state index contributed by atoms with van der Waals surface area (Å²) in [6.07, 6.45) is 0.852. The number of hydrogen-bond donors (Lipinski definition) is 1. The summed E-state index contributed by atoms with van der Waals surface area (Å²) >= 11 is 0. The number of hydrogen-bond acceptors (Lipinski definition) is 3. The van der Waals surface area contributed by atoms with E-state index < -0.39 is 0 Å². The van der Waals surface area contributed by atoms with E-state index in [4.69, 9.17) is 9.47 Å². The molecule has 0 amide bonds. The van der Waals surface area contributed by atoms with Crippen molar-refractivity contribution < 1.29 is 14.6 Å². The molecule has 1 aromatic rings. The summed E-state index contributed by atoms with van der Waals surface area (Å²) < 4.78 is 10.9. The lowest BCUT2D eigenvalue weighted by molar-refractivity contribution is 0.0348. The Labute approximate surface area is 83.3 Å². The van der Waals surface area contributed by atoms with E-state index in [9.17, 15) is 5.11 Å². The maximum Gasteiger partial charge on any atom is 0.129 e. The highest BCUT2D eigenvalue weighted by Gasteiger charge is 2.28. The van der Waals surface area contributed by atoms with Gasteiger partial charge in [0, 0.05) is 13.5 Å². The molecule has 1 heterocycles. The molecule has 0 aliphatic carbocycles. The first kappa shape index (κ1) is 9.34. The second-order valence-corrected chi connectivity index (χ2v) is 3.58. The predicted octanol–water partition coefficient (Wildman–Crippen LogP) is 2.25. The summed E-state index contributed by atoms with van der Waals surface area (Å²) in [6, 6.07) is 5.29. The van der Waals surface area contributed by atoms with Crippen LogP contribution in [0.5, 0.6) is 11.5 Å². The van der Waals surface area contributed by atoms with Gasteiger partial charge in [-0.3, -0.25) is 0 Å². The van der Waals surface area contributed by atoms with E-state index in [0.717, 1.165) is 17.7 Å². The number of phenols is 1. The molecule has 0 aromatic heterocycles. The molecule has 2 rings (SSSR count). The summed E-state index contributed by atoms with van der Waals surface area (Å²) in [5.41, 5.74) is 0.771. The van der Waals surface area contributed by atoms with Gasteiger partial charge in [0.1, 0.15) is 11.5 Å². The highest BCUT2D eigenvalue weighted by Crippen LogP contribution is 2.41.